The summed E-state index contributed by atoms with van der Waals surface area (Å²) < 4.78 is 0. The lowest BCUT2D eigenvalue weighted by molar-refractivity contribution is -0.125. The highest BCUT2D eigenvalue weighted by Gasteiger charge is 2.30. The Balaban J connectivity index is 1.81. The third-order valence-corrected chi connectivity index (χ3v) is 3.97. The van der Waals surface area contributed by atoms with Gasteiger partial charge in [0.1, 0.15) is 0 Å². The second-order valence-corrected chi connectivity index (χ2v) is 6.31. The van der Waals surface area contributed by atoms with E-state index in [9.17, 15) is 9.59 Å². The summed E-state index contributed by atoms with van der Waals surface area (Å²) in [4.78, 5) is 25.8. The molecule has 2 rings (SSSR count). The molecule has 1 aliphatic carbocycles. The number of hydrogen-bond acceptors (Lipinski definition) is 3. The molecule has 1 heterocycles. The van der Waals surface area contributed by atoms with E-state index in [1.165, 1.54) is 6.42 Å². The summed E-state index contributed by atoms with van der Waals surface area (Å²) in [5.74, 6) is 1.03. The summed E-state index contributed by atoms with van der Waals surface area (Å²) in [5.41, 5.74) is 0. The average Bonchev–Trinajstić information content (AvgIpc) is 3.10. The fraction of sp³-hybridized carbons (Fsp3) is 0.857. The maximum absolute atomic E-state index is 12.1. The van der Waals surface area contributed by atoms with Gasteiger partial charge in [-0.1, -0.05) is 13.8 Å². The Bertz CT molecular complexity index is 345. The molecule has 1 saturated heterocycles. The first-order valence-electron chi connectivity index (χ1n) is 7.31. The van der Waals surface area contributed by atoms with Crippen molar-refractivity contribution in [1.82, 2.24) is 15.5 Å². The molecule has 0 aromatic rings. The minimum Gasteiger partial charge on any atom is -0.335 e. The van der Waals surface area contributed by atoms with Gasteiger partial charge in [-0.05, 0) is 38.0 Å². The molecule has 2 N–H and O–H groups in total. The number of carbonyl (C=O) groups excluding carboxylic acids is 2. The van der Waals surface area contributed by atoms with Crippen LogP contribution in [0.1, 0.15) is 40.0 Å². The summed E-state index contributed by atoms with van der Waals surface area (Å²) in [5, 5.41) is 5.22. The van der Waals surface area contributed by atoms with Crippen molar-refractivity contribution in [3.05, 3.63) is 0 Å². The first-order chi connectivity index (χ1) is 8.95. The van der Waals surface area contributed by atoms with Crippen LogP contribution in [0.25, 0.3) is 0 Å². The number of rotatable bonds is 3. The van der Waals surface area contributed by atoms with Crippen LogP contribution in [-0.2, 0) is 4.79 Å². The van der Waals surface area contributed by atoms with E-state index in [1.807, 2.05) is 6.92 Å². The molecule has 1 saturated carbocycles. The first kappa shape index (κ1) is 14.3. The third-order valence-electron chi connectivity index (χ3n) is 3.97. The van der Waals surface area contributed by atoms with Crippen molar-refractivity contribution in [3.8, 4) is 0 Å². The zero-order valence-electron chi connectivity index (χ0n) is 12.1. The van der Waals surface area contributed by atoms with Crippen LogP contribution in [0.5, 0.6) is 0 Å². The Morgan fingerprint density at radius 2 is 1.74 bits per heavy atom. The average molecular weight is 267 g/mol. The highest BCUT2D eigenvalue weighted by molar-refractivity contribution is 5.96. The zero-order valence-corrected chi connectivity index (χ0v) is 12.1. The first-order valence-corrected chi connectivity index (χ1v) is 7.31. The number of piperidine rings is 1. The molecule has 1 aliphatic heterocycles. The lowest BCUT2D eigenvalue weighted by atomic mass is 9.91. The van der Waals surface area contributed by atoms with E-state index in [-0.39, 0.29) is 24.0 Å². The van der Waals surface area contributed by atoms with Crippen molar-refractivity contribution < 1.29 is 9.59 Å². The molecule has 108 valence electrons. The summed E-state index contributed by atoms with van der Waals surface area (Å²) >= 11 is 0. The van der Waals surface area contributed by atoms with Crippen molar-refractivity contribution in [3.63, 3.8) is 0 Å². The number of imide groups is 1. The van der Waals surface area contributed by atoms with Crippen molar-refractivity contribution in [2.45, 2.75) is 52.1 Å². The van der Waals surface area contributed by atoms with Crippen LogP contribution in [-0.4, -0.2) is 42.0 Å². The molecule has 0 radical (unpaired) electrons. The SMILES string of the molecule is CC1CC(C)CN(C(C)C(=O)NC(=O)NC2CC2)C1. The van der Waals surface area contributed by atoms with Crippen LogP contribution in [0.3, 0.4) is 0 Å². The molecule has 2 fully saturated rings. The molecule has 0 aromatic heterocycles. The van der Waals surface area contributed by atoms with E-state index >= 15 is 0 Å². The van der Waals surface area contributed by atoms with Crippen LogP contribution < -0.4 is 10.6 Å². The molecule has 0 aromatic carbocycles. The van der Waals surface area contributed by atoms with E-state index < -0.39 is 0 Å². The number of urea groups is 1. The Morgan fingerprint density at radius 3 is 2.26 bits per heavy atom. The number of nitrogens with one attached hydrogen (secondary N) is 2. The van der Waals surface area contributed by atoms with Gasteiger partial charge in [0.15, 0.2) is 0 Å². The van der Waals surface area contributed by atoms with Gasteiger partial charge < -0.3 is 5.32 Å². The third kappa shape index (κ3) is 4.20. The largest absolute Gasteiger partial charge is 0.335 e. The molecule has 19 heavy (non-hydrogen) atoms. The van der Waals surface area contributed by atoms with Crippen molar-refractivity contribution in [2.24, 2.45) is 11.8 Å². The Morgan fingerprint density at radius 1 is 1.16 bits per heavy atom. The normalized spacial score (nSPS) is 29.6. The van der Waals surface area contributed by atoms with Gasteiger partial charge in [0, 0.05) is 19.1 Å². The van der Waals surface area contributed by atoms with Gasteiger partial charge in [-0.15, -0.1) is 0 Å². The maximum Gasteiger partial charge on any atom is 0.321 e. The van der Waals surface area contributed by atoms with Crippen LogP contribution in [0.2, 0.25) is 0 Å². The molecular weight excluding hydrogens is 242 g/mol. The summed E-state index contributed by atoms with van der Waals surface area (Å²) in [6.45, 7) is 8.18. The van der Waals surface area contributed by atoms with Crippen molar-refractivity contribution >= 4 is 11.9 Å². The topological polar surface area (TPSA) is 61.4 Å². The van der Waals surface area contributed by atoms with Crippen LogP contribution >= 0.6 is 0 Å². The fourth-order valence-corrected chi connectivity index (χ4v) is 2.86. The van der Waals surface area contributed by atoms with Gasteiger partial charge in [0.2, 0.25) is 5.91 Å². The molecule has 0 spiro atoms. The van der Waals surface area contributed by atoms with E-state index in [0.29, 0.717) is 11.8 Å². The number of likely N-dealkylation sites (tertiary alicyclic amines) is 1. The predicted octanol–water partition coefficient (Wildman–Crippen LogP) is 1.34. The molecule has 0 bridgehead atoms. The molecule has 5 nitrogen and oxygen atoms in total. The van der Waals surface area contributed by atoms with E-state index in [2.05, 4.69) is 29.4 Å². The van der Waals surface area contributed by atoms with Gasteiger partial charge in [-0.2, -0.15) is 0 Å². The van der Waals surface area contributed by atoms with Gasteiger partial charge in [0.05, 0.1) is 6.04 Å². The lowest BCUT2D eigenvalue weighted by Gasteiger charge is -2.37. The fourth-order valence-electron chi connectivity index (χ4n) is 2.86. The monoisotopic (exact) mass is 267 g/mol. The molecule has 5 heteroatoms. The number of nitrogens with zero attached hydrogens (tertiary/aromatic N) is 1. The van der Waals surface area contributed by atoms with Crippen molar-refractivity contribution in [2.75, 3.05) is 13.1 Å². The van der Waals surface area contributed by atoms with Gasteiger partial charge in [-0.3, -0.25) is 15.0 Å². The van der Waals surface area contributed by atoms with Gasteiger partial charge in [-0.25, -0.2) is 4.79 Å². The van der Waals surface area contributed by atoms with Gasteiger partial charge >= 0.3 is 6.03 Å². The zero-order chi connectivity index (χ0) is 14.0. The number of carbonyl (C=O) groups is 2. The van der Waals surface area contributed by atoms with E-state index in [0.717, 1.165) is 25.9 Å². The Kier molecular flexibility index (Phi) is 4.45. The highest BCUT2D eigenvalue weighted by atomic mass is 16.2. The highest BCUT2D eigenvalue weighted by Crippen LogP contribution is 2.22. The second kappa shape index (κ2) is 5.90. The predicted molar refractivity (Wildman–Crippen MR) is 73.7 cm³/mol. The van der Waals surface area contributed by atoms with E-state index in [4.69, 9.17) is 0 Å². The van der Waals surface area contributed by atoms with Crippen molar-refractivity contribution in [1.29, 1.82) is 0 Å². The van der Waals surface area contributed by atoms with Crippen LogP contribution in [0.4, 0.5) is 4.79 Å². The summed E-state index contributed by atoms with van der Waals surface area (Å²) in [7, 11) is 0. The minimum atomic E-state index is -0.350. The maximum atomic E-state index is 12.1. The second-order valence-electron chi connectivity index (χ2n) is 6.31. The minimum absolute atomic E-state index is 0.195. The van der Waals surface area contributed by atoms with E-state index in [1.54, 1.807) is 0 Å². The Hall–Kier alpha value is -1.10. The summed E-state index contributed by atoms with van der Waals surface area (Å²) in [6, 6.07) is -0.314. The lowest BCUT2D eigenvalue weighted by Crippen LogP contribution is -2.53. The van der Waals surface area contributed by atoms with Crippen LogP contribution in [0, 0.1) is 11.8 Å². The Labute approximate surface area is 115 Å². The standard InChI is InChI=1S/C14H25N3O2/c1-9-6-10(2)8-17(7-9)11(3)13(18)16-14(19)15-12-4-5-12/h9-12H,4-8H2,1-3H3,(H2,15,16,18,19). The molecule has 3 unspecified atom stereocenters. The quantitative estimate of drug-likeness (QED) is 0.811. The van der Waals surface area contributed by atoms with Gasteiger partial charge in [0.25, 0.3) is 0 Å². The van der Waals surface area contributed by atoms with Crippen LogP contribution in [0.15, 0.2) is 0 Å². The molecule has 3 atom stereocenters. The smallest absolute Gasteiger partial charge is 0.321 e. The molecule has 3 amide bonds. The number of hydrogen-bond donors (Lipinski definition) is 2. The number of amides is 3. The molecular formula is C14H25N3O2. The molecule has 2 aliphatic rings. The summed E-state index contributed by atoms with van der Waals surface area (Å²) in [6.07, 6.45) is 3.27.